The number of methoxy groups -OCH3 is 1. The second-order valence-electron chi connectivity index (χ2n) is 5.21. The molecule has 0 unspecified atom stereocenters. The first kappa shape index (κ1) is 12.2. The van der Waals surface area contributed by atoms with Gasteiger partial charge < -0.3 is 14.2 Å². The largest absolute Gasteiger partial charge is 0.497 e. The monoisotopic (exact) mass is 312 g/mol. The van der Waals surface area contributed by atoms with Crippen molar-refractivity contribution in [3.63, 3.8) is 0 Å². The maximum Gasteiger partial charge on any atom is 0.231 e. The Morgan fingerprint density at radius 1 is 1.18 bits per heavy atom. The molecule has 0 radical (unpaired) electrons. The molecule has 0 spiro atoms. The lowest BCUT2D eigenvalue weighted by Gasteiger charge is -2.19. The van der Waals surface area contributed by atoms with E-state index < -0.39 is 0 Å². The second-order valence-corrected chi connectivity index (χ2v) is 6.15. The maximum atomic E-state index is 5.53. The summed E-state index contributed by atoms with van der Waals surface area (Å²) in [6.45, 7) is 0.288. The van der Waals surface area contributed by atoms with E-state index in [0.717, 1.165) is 44.9 Å². The van der Waals surface area contributed by atoms with Crippen LogP contribution in [0.2, 0.25) is 0 Å². The van der Waals surface area contributed by atoms with E-state index >= 15 is 0 Å². The lowest BCUT2D eigenvalue weighted by atomic mass is 10.1. The predicted molar refractivity (Wildman–Crippen MR) is 83.3 cm³/mol. The SMILES string of the molecule is COc1ccc2nc3n(c2c1)-c1cc2c(cc1CS3)OCO2. The van der Waals surface area contributed by atoms with Crippen molar-refractivity contribution in [3.05, 3.63) is 35.9 Å². The third-order valence-corrected chi connectivity index (χ3v) is 4.99. The lowest BCUT2D eigenvalue weighted by Crippen LogP contribution is -2.05. The van der Waals surface area contributed by atoms with Gasteiger partial charge in [0, 0.05) is 17.9 Å². The van der Waals surface area contributed by atoms with Crippen molar-refractivity contribution in [1.29, 1.82) is 0 Å². The summed E-state index contributed by atoms with van der Waals surface area (Å²) >= 11 is 1.73. The standard InChI is InChI=1S/C16H12N2O3S/c1-19-10-2-3-11-13(5-10)18-12-6-15-14(20-8-21-15)4-9(12)7-22-16(18)17-11/h2-6H,7-8H2,1H3. The van der Waals surface area contributed by atoms with Gasteiger partial charge in [0.2, 0.25) is 6.79 Å². The number of ether oxygens (including phenoxy) is 3. The molecule has 3 aromatic rings. The quantitative estimate of drug-likeness (QED) is 0.689. The summed E-state index contributed by atoms with van der Waals surface area (Å²) in [6.07, 6.45) is 0. The molecule has 0 fully saturated rings. The van der Waals surface area contributed by atoms with E-state index in [0.29, 0.717) is 0 Å². The fourth-order valence-electron chi connectivity index (χ4n) is 2.93. The fraction of sp³-hybridized carbons (Fsp3) is 0.188. The van der Waals surface area contributed by atoms with E-state index in [1.165, 1.54) is 5.56 Å². The van der Waals surface area contributed by atoms with Gasteiger partial charge in [-0.2, -0.15) is 0 Å². The molecule has 5 nitrogen and oxygen atoms in total. The molecule has 0 saturated carbocycles. The van der Waals surface area contributed by atoms with Crippen LogP contribution < -0.4 is 14.2 Å². The van der Waals surface area contributed by atoms with Crippen LogP contribution in [0.3, 0.4) is 0 Å². The smallest absolute Gasteiger partial charge is 0.231 e. The molecule has 0 amide bonds. The Bertz CT molecular complexity index is 919. The highest BCUT2D eigenvalue weighted by Gasteiger charge is 2.25. The highest BCUT2D eigenvalue weighted by atomic mass is 32.2. The molecule has 0 atom stereocenters. The minimum atomic E-state index is 0.288. The molecular formula is C16H12N2O3S. The molecule has 22 heavy (non-hydrogen) atoms. The van der Waals surface area contributed by atoms with E-state index in [1.54, 1.807) is 18.9 Å². The summed E-state index contributed by atoms with van der Waals surface area (Å²) in [5.41, 5.74) is 4.34. The van der Waals surface area contributed by atoms with Gasteiger partial charge in [-0.3, -0.25) is 4.57 Å². The molecule has 2 aromatic carbocycles. The highest BCUT2D eigenvalue weighted by Crippen LogP contribution is 2.43. The van der Waals surface area contributed by atoms with Crippen LogP contribution in [0, 0.1) is 0 Å². The Labute approximate surface area is 130 Å². The van der Waals surface area contributed by atoms with E-state index in [1.807, 2.05) is 24.3 Å². The Hall–Kier alpha value is -2.34. The van der Waals surface area contributed by atoms with Crippen LogP contribution in [-0.2, 0) is 5.75 Å². The summed E-state index contributed by atoms with van der Waals surface area (Å²) in [5, 5.41) is 0.995. The van der Waals surface area contributed by atoms with Crippen LogP contribution in [0.4, 0.5) is 0 Å². The number of nitrogens with zero attached hydrogens (tertiary/aromatic N) is 2. The normalized spacial score (nSPS) is 14.8. The molecular weight excluding hydrogens is 300 g/mol. The van der Waals surface area contributed by atoms with E-state index in [9.17, 15) is 0 Å². The van der Waals surface area contributed by atoms with E-state index in [2.05, 4.69) is 10.6 Å². The van der Waals surface area contributed by atoms with Crippen LogP contribution in [0.5, 0.6) is 17.2 Å². The van der Waals surface area contributed by atoms with Crippen molar-refractivity contribution in [2.75, 3.05) is 13.9 Å². The minimum absolute atomic E-state index is 0.288. The van der Waals surface area contributed by atoms with Crippen molar-refractivity contribution < 1.29 is 14.2 Å². The number of benzene rings is 2. The van der Waals surface area contributed by atoms with Gasteiger partial charge in [-0.15, -0.1) is 0 Å². The molecule has 0 saturated heterocycles. The van der Waals surface area contributed by atoms with E-state index in [-0.39, 0.29) is 6.79 Å². The summed E-state index contributed by atoms with van der Waals surface area (Å²) in [5.74, 6) is 3.33. The molecule has 1 aromatic heterocycles. The third kappa shape index (κ3) is 1.58. The first-order valence-corrected chi connectivity index (χ1v) is 7.94. The van der Waals surface area contributed by atoms with Crippen LogP contribution in [0.15, 0.2) is 35.5 Å². The van der Waals surface area contributed by atoms with Gasteiger partial charge in [-0.25, -0.2) is 4.98 Å². The average Bonchev–Trinajstić information content (AvgIpc) is 3.15. The average molecular weight is 312 g/mol. The first-order chi connectivity index (χ1) is 10.8. The van der Waals surface area contributed by atoms with Crippen LogP contribution in [-0.4, -0.2) is 23.5 Å². The minimum Gasteiger partial charge on any atom is -0.497 e. The van der Waals surface area contributed by atoms with Crippen LogP contribution >= 0.6 is 11.8 Å². The molecule has 2 aliphatic rings. The Morgan fingerprint density at radius 2 is 2.05 bits per heavy atom. The molecule has 5 rings (SSSR count). The number of imidazole rings is 1. The van der Waals surface area contributed by atoms with Gasteiger partial charge in [0.05, 0.1) is 23.8 Å². The van der Waals surface area contributed by atoms with Crippen molar-refractivity contribution in [3.8, 4) is 22.9 Å². The maximum absolute atomic E-state index is 5.53. The zero-order valence-corrected chi connectivity index (χ0v) is 12.6. The van der Waals surface area contributed by atoms with Crippen molar-refractivity contribution in [2.45, 2.75) is 10.9 Å². The first-order valence-electron chi connectivity index (χ1n) is 6.96. The number of aromatic nitrogens is 2. The Morgan fingerprint density at radius 3 is 2.91 bits per heavy atom. The van der Waals surface area contributed by atoms with Gasteiger partial charge >= 0.3 is 0 Å². The van der Waals surface area contributed by atoms with Crippen molar-refractivity contribution >= 4 is 22.8 Å². The molecule has 0 N–H and O–H groups in total. The van der Waals surface area contributed by atoms with Crippen LogP contribution in [0.25, 0.3) is 16.7 Å². The predicted octanol–water partition coefficient (Wildman–Crippen LogP) is 3.37. The van der Waals surface area contributed by atoms with Crippen molar-refractivity contribution in [2.24, 2.45) is 0 Å². The van der Waals surface area contributed by atoms with Crippen molar-refractivity contribution in [1.82, 2.24) is 9.55 Å². The van der Waals surface area contributed by atoms with E-state index in [4.69, 9.17) is 19.2 Å². The fourth-order valence-corrected chi connectivity index (χ4v) is 3.93. The molecule has 0 bridgehead atoms. The molecule has 0 aliphatic carbocycles. The number of thioether (sulfide) groups is 1. The number of hydrogen-bond acceptors (Lipinski definition) is 5. The topological polar surface area (TPSA) is 45.5 Å². The molecule has 6 heteroatoms. The summed E-state index contributed by atoms with van der Waals surface area (Å²) in [7, 11) is 1.68. The zero-order valence-electron chi connectivity index (χ0n) is 11.8. The highest BCUT2D eigenvalue weighted by molar-refractivity contribution is 7.98. The third-order valence-electron chi connectivity index (χ3n) is 4.00. The van der Waals surface area contributed by atoms with Gasteiger partial charge in [0.25, 0.3) is 0 Å². The Balaban J connectivity index is 1.81. The summed E-state index contributed by atoms with van der Waals surface area (Å²) in [4.78, 5) is 4.72. The molecule has 3 heterocycles. The van der Waals surface area contributed by atoms with Gasteiger partial charge in [0.15, 0.2) is 16.7 Å². The summed E-state index contributed by atoms with van der Waals surface area (Å²) in [6, 6.07) is 10.1. The lowest BCUT2D eigenvalue weighted by molar-refractivity contribution is 0.174. The molecule has 110 valence electrons. The number of fused-ring (bicyclic) bond motifs is 6. The zero-order chi connectivity index (χ0) is 14.7. The molecule has 2 aliphatic heterocycles. The second kappa shape index (κ2) is 4.33. The Kier molecular flexibility index (Phi) is 2.41. The van der Waals surface area contributed by atoms with Gasteiger partial charge in [-0.1, -0.05) is 11.8 Å². The van der Waals surface area contributed by atoms with Gasteiger partial charge in [-0.05, 0) is 23.8 Å². The number of rotatable bonds is 1. The van der Waals surface area contributed by atoms with Crippen LogP contribution in [0.1, 0.15) is 5.56 Å². The summed E-state index contributed by atoms with van der Waals surface area (Å²) < 4.78 is 18.5. The van der Waals surface area contributed by atoms with Gasteiger partial charge in [0.1, 0.15) is 5.75 Å². The number of hydrogen-bond donors (Lipinski definition) is 0.